The smallest absolute Gasteiger partial charge is 0.0198 e. The van der Waals surface area contributed by atoms with Crippen LogP contribution in [0, 0.1) is 31.6 Å². The predicted octanol–water partition coefficient (Wildman–Crippen LogP) is 6.87. The van der Waals surface area contributed by atoms with Crippen LogP contribution in [0.3, 0.4) is 0 Å². The molecule has 3 rings (SSSR count). The molecule has 0 saturated heterocycles. The van der Waals surface area contributed by atoms with Crippen LogP contribution in [-0.4, -0.2) is 0 Å². The van der Waals surface area contributed by atoms with Gasteiger partial charge >= 0.3 is 0 Å². The fourth-order valence-corrected chi connectivity index (χ4v) is 4.83. The molecule has 0 N–H and O–H groups in total. The summed E-state index contributed by atoms with van der Waals surface area (Å²) < 4.78 is 0. The number of hydrogen-bond donors (Lipinski definition) is 0. The number of hydrogen-bond acceptors (Lipinski definition) is 0. The molecule has 1 atom stereocenters. The minimum Gasteiger partial charge on any atom is -0.103 e. The quantitative estimate of drug-likeness (QED) is 0.532. The zero-order valence-corrected chi connectivity index (χ0v) is 15.0. The maximum atomic E-state index is 3.91. The molecule has 23 heavy (non-hydrogen) atoms. The Bertz CT molecular complexity index is 570. The number of aryl methyl sites for hydroxylation is 2. The van der Waals surface area contributed by atoms with Crippen molar-refractivity contribution in [1.29, 1.82) is 0 Å². The molecule has 0 heterocycles. The van der Waals surface area contributed by atoms with Gasteiger partial charge in [0.2, 0.25) is 0 Å². The van der Waals surface area contributed by atoms with Crippen molar-refractivity contribution in [3.05, 3.63) is 53.6 Å². The van der Waals surface area contributed by atoms with Crippen molar-refractivity contribution in [1.82, 2.24) is 0 Å². The minimum atomic E-state index is 0.925. The summed E-state index contributed by atoms with van der Waals surface area (Å²) in [6.07, 6.45) is 15.7. The van der Waals surface area contributed by atoms with Crippen molar-refractivity contribution >= 4 is 5.57 Å². The van der Waals surface area contributed by atoms with Gasteiger partial charge in [-0.05, 0) is 99.7 Å². The topological polar surface area (TPSA) is 0 Å². The van der Waals surface area contributed by atoms with Crippen molar-refractivity contribution in [2.45, 2.75) is 65.2 Å². The highest BCUT2D eigenvalue weighted by atomic mass is 14.3. The summed E-state index contributed by atoms with van der Waals surface area (Å²) in [6, 6.07) is 6.91. The van der Waals surface area contributed by atoms with Crippen LogP contribution in [0.15, 0.2) is 36.9 Å². The van der Waals surface area contributed by atoms with Crippen molar-refractivity contribution in [2.24, 2.45) is 17.8 Å². The zero-order valence-electron chi connectivity index (χ0n) is 15.0. The lowest BCUT2D eigenvalue weighted by atomic mass is 9.70. The summed E-state index contributed by atoms with van der Waals surface area (Å²) >= 11 is 0. The van der Waals surface area contributed by atoms with Crippen LogP contribution in [0.25, 0.3) is 5.57 Å². The molecular weight excluding hydrogens is 276 g/mol. The first-order chi connectivity index (χ1) is 11.2. The van der Waals surface area contributed by atoms with Crippen LogP contribution in [-0.2, 0) is 0 Å². The molecule has 0 spiro atoms. The van der Waals surface area contributed by atoms with E-state index in [4.69, 9.17) is 0 Å². The van der Waals surface area contributed by atoms with Crippen molar-refractivity contribution in [3.8, 4) is 0 Å². The van der Waals surface area contributed by atoms with Crippen molar-refractivity contribution < 1.29 is 0 Å². The van der Waals surface area contributed by atoms with Gasteiger partial charge in [-0.25, -0.2) is 0 Å². The molecule has 1 fully saturated rings. The Morgan fingerprint density at radius 3 is 2.43 bits per heavy atom. The van der Waals surface area contributed by atoms with Gasteiger partial charge in [0, 0.05) is 0 Å². The van der Waals surface area contributed by atoms with Gasteiger partial charge in [0.15, 0.2) is 0 Å². The maximum Gasteiger partial charge on any atom is -0.0198 e. The lowest BCUT2D eigenvalue weighted by Gasteiger charge is -2.35. The van der Waals surface area contributed by atoms with Gasteiger partial charge in [0.05, 0.1) is 0 Å². The Hall–Kier alpha value is -1.30. The van der Waals surface area contributed by atoms with Gasteiger partial charge in [0.1, 0.15) is 0 Å². The summed E-state index contributed by atoms with van der Waals surface area (Å²) in [6.45, 7) is 8.35. The second kappa shape index (κ2) is 7.51. The zero-order chi connectivity index (χ0) is 16.2. The third-order valence-corrected chi connectivity index (χ3v) is 6.24. The SMILES string of the molecule is C=CCC1CCC(C2CC=C(c3ccc(C)cc3C)CC2)CC1. The van der Waals surface area contributed by atoms with Crippen LogP contribution >= 0.6 is 0 Å². The Morgan fingerprint density at radius 1 is 1.04 bits per heavy atom. The largest absolute Gasteiger partial charge is 0.103 e. The fourth-order valence-electron chi connectivity index (χ4n) is 4.83. The minimum absolute atomic E-state index is 0.925. The van der Waals surface area contributed by atoms with E-state index in [1.807, 2.05) is 0 Å². The van der Waals surface area contributed by atoms with E-state index in [0.717, 1.165) is 17.8 Å². The van der Waals surface area contributed by atoms with Gasteiger partial charge < -0.3 is 0 Å². The summed E-state index contributed by atoms with van der Waals surface area (Å²) in [5.74, 6) is 2.84. The molecule has 0 radical (unpaired) electrons. The summed E-state index contributed by atoms with van der Waals surface area (Å²) in [7, 11) is 0. The van der Waals surface area contributed by atoms with Gasteiger partial charge in [-0.1, -0.05) is 35.9 Å². The van der Waals surface area contributed by atoms with E-state index < -0.39 is 0 Å². The Balaban J connectivity index is 1.59. The first-order valence-electron chi connectivity index (χ1n) is 9.55. The molecule has 1 aromatic carbocycles. The van der Waals surface area contributed by atoms with Crippen LogP contribution in [0.1, 0.15) is 68.1 Å². The highest BCUT2D eigenvalue weighted by Gasteiger charge is 2.28. The summed E-state index contributed by atoms with van der Waals surface area (Å²) in [4.78, 5) is 0. The highest BCUT2D eigenvalue weighted by Crippen LogP contribution is 2.42. The van der Waals surface area contributed by atoms with E-state index in [1.54, 1.807) is 5.57 Å². The van der Waals surface area contributed by atoms with Gasteiger partial charge in [-0.3, -0.25) is 0 Å². The number of allylic oxidation sites excluding steroid dienone is 3. The lowest BCUT2D eigenvalue weighted by Crippen LogP contribution is -2.23. The molecular formula is C23H32. The summed E-state index contributed by atoms with van der Waals surface area (Å²) in [5, 5.41) is 0. The molecule has 1 saturated carbocycles. The molecule has 1 aromatic rings. The molecule has 0 heteroatoms. The predicted molar refractivity (Wildman–Crippen MR) is 101 cm³/mol. The van der Waals surface area contributed by atoms with Gasteiger partial charge in [0.25, 0.3) is 0 Å². The first-order valence-corrected chi connectivity index (χ1v) is 9.55. The Morgan fingerprint density at radius 2 is 1.83 bits per heavy atom. The first kappa shape index (κ1) is 16.6. The van der Waals surface area contributed by atoms with Crippen molar-refractivity contribution in [2.75, 3.05) is 0 Å². The van der Waals surface area contributed by atoms with Crippen LogP contribution < -0.4 is 0 Å². The van der Waals surface area contributed by atoms with E-state index in [0.29, 0.717) is 0 Å². The Kier molecular flexibility index (Phi) is 5.41. The van der Waals surface area contributed by atoms with Crippen LogP contribution in [0.2, 0.25) is 0 Å². The highest BCUT2D eigenvalue weighted by molar-refractivity contribution is 5.69. The summed E-state index contributed by atoms with van der Waals surface area (Å²) in [5.41, 5.74) is 5.90. The third-order valence-electron chi connectivity index (χ3n) is 6.24. The van der Waals surface area contributed by atoms with E-state index in [9.17, 15) is 0 Å². The van der Waals surface area contributed by atoms with Gasteiger partial charge in [-0.2, -0.15) is 0 Å². The molecule has 2 aliphatic carbocycles. The van der Waals surface area contributed by atoms with Crippen LogP contribution in [0.5, 0.6) is 0 Å². The van der Waals surface area contributed by atoms with E-state index in [-0.39, 0.29) is 0 Å². The molecule has 0 nitrogen and oxygen atoms in total. The molecule has 0 aliphatic heterocycles. The average molecular weight is 309 g/mol. The molecule has 2 aliphatic rings. The number of benzene rings is 1. The third kappa shape index (κ3) is 3.97. The molecule has 0 aromatic heterocycles. The van der Waals surface area contributed by atoms with Crippen molar-refractivity contribution in [3.63, 3.8) is 0 Å². The number of rotatable bonds is 4. The molecule has 0 amide bonds. The second-order valence-electron chi connectivity index (χ2n) is 7.89. The van der Waals surface area contributed by atoms with E-state index in [1.165, 1.54) is 68.1 Å². The average Bonchev–Trinajstić information content (AvgIpc) is 2.56. The molecule has 1 unspecified atom stereocenters. The molecule has 0 bridgehead atoms. The normalized spacial score (nSPS) is 28.3. The van der Waals surface area contributed by atoms with E-state index in [2.05, 4.69) is 50.8 Å². The molecule has 124 valence electrons. The standard InChI is InChI=1S/C23H32/c1-4-5-19-7-9-20(10-8-19)21-11-13-22(14-12-21)23-15-6-17(2)16-18(23)3/h4,6,13,15-16,19-21H,1,5,7-12,14H2,2-3H3. The maximum absolute atomic E-state index is 3.91. The van der Waals surface area contributed by atoms with Crippen LogP contribution in [0.4, 0.5) is 0 Å². The lowest BCUT2D eigenvalue weighted by molar-refractivity contribution is 0.196. The second-order valence-corrected chi connectivity index (χ2v) is 7.89. The monoisotopic (exact) mass is 308 g/mol. The Labute approximate surface area is 142 Å². The fraction of sp³-hybridized carbons (Fsp3) is 0.565. The van der Waals surface area contributed by atoms with Gasteiger partial charge in [-0.15, -0.1) is 6.58 Å². The van der Waals surface area contributed by atoms with E-state index >= 15 is 0 Å².